The van der Waals surface area contributed by atoms with E-state index in [1.54, 1.807) is 7.11 Å². The van der Waals surface area contributed by atoms with Gasteiger partial charge < -0.3 is 15.4 Å². The fraction of sp³-hybridized carbons (Fsp3) is 0.208. The Kier molecular flexibility index (Phi) is 5.29. The highest BCUT2D eigenvalue weighted by molar-refractivity contribution is 5.97. The van der Waals surface area contributed by atoms with Crippen molar-refractivity contribution in [3.8, 4) is 5.75 Å². The molecule has 4 nitrogen and oxygen atoms in total. The van der Waals surface area contributed by atoms with Gasteiger partial charge in [-0.2, -0.15) is 0 Å². The van der Waals surface area contributed by atoms with Gasteiger partial charge in [0.25, 0.3) is 5.91 Å². The Hall–Kier alpha value is -3.27. The number of rotatable bonds is 6. The van der Waals surface area contributed by atoms with Gasteiger partial charge in [-0.3, -0.25) is 4.79 Å². The van der Waals surface area contributed by atoms with Gasteiger partial charge in [0, 0.05) is 17.4 Å². The minimum atomic E-state index is -0.494. The van der Waals surface area contributed by atoms with Crippen molar-refractivity contribution < 1.29 is 9.53 Å². The van der Waals surface area contributed by atoms with Crippen LogP contribution >= 0.6 is 0 Å². The SMILES string of the molecule is COc1cccc(NC(=O)[C@@H](Nc2ccc3c(c2)CCC3)c2ccccc2)c1. The molecule has 0 heterocycles. The van der Waals surface area contributed by atoms with Crippen molar-refractivity contribution in [3.63, 3.8) is 0 Å². The van der Waals surface area contributed by atoms with Crippen LogP contribution < -0.4 is 15.4 Å². The molecule has 142 valence electrons. The molecular weight excluding hydrogens is 348 g/mol. The van der Waals surface area contributed by atoms with E-state index >= 15 is 0 Å². The molecule has 2 N–H and O–H groups in total. The van der Waals surface area contributed by atoms with Crippen LogP contribution in [0, 0.1) is 0 Å². The van der Waals surface area contributed by atoms with E-state index in [0.717, 1.165) is 24.1 Å². The highest BCUT2D eigenvalue weighted by Crippen LogP contribution is 2.28. The van der Waals surface area contributed by atoms with Gasteiger partial charge in [0.15, 0.2) is 0 Å². The number of ether oxygens (including phenoxy) is 1. The van der Waals surface area contributed by atoms with Gasteiger partial charge in [-0.05, 0) is 60.2 Å². The zero-order valence-corrected chi connectivity index (χ0v) is 15.9. The highest BCUT2D eigenvalue weighted by Gasteiger charge is 2.21. The quantitative estimate of drug-likeness (QED) is 0.642. The molecule has 0 spiro atoms. The summed E-state index contributed by atoms with van der Waals surface area (Å²) < 4.78 is 5.25. The fourth-order valence-electron chi connectivity index (χ4n) is 3.69. The predicted molar refractivity (Wildman–Crippen MR) is 113 cm³/mol. The van der Waals surface area contributed by atoms with E-state index in [9.17, 15) is 4.79 Å². The topological polar surface area (TPSA) is 50.4 Å². The maximum Gasteiger partial charge on any atom is 0.251 e. The smallest absolute Gasteiger partial charge is 0.251 e. The van der Waals surface area contributed by atoms with Crippen molar-refractivity contribution >= 4 is 17.3 Å². The number of carbonyl (C=O) groups is 1. The van der Waals surface area contributed by atoms with E-state index in [1.165, 1.54) is 17.5 Å². The summed E-state index contributed by atoms with van der Waals surface area (Å²) in [6, 6.07) is 23.1. The molecule has 0 bridgehead atoms. The summed E-state index contributed by atoms with van der Waals surface area (Å²) in [6.45, 7) is 0. The molecule has 0 saturated carbocycles. The van der Waals surface area contributed by atoms with E-state index in [0.29, 0.717) is 11.4 Å². The van der Waals surface area contributed by atoms with Crippen LogP contribution in [0.25, 0.3) is 0 Å². The van der Waals surface area contributed by atoms with Gasteiger partial charge in [-0.1, -0.05) is 42.5 Å². The van der Waals surface area contributed by atoms with Gasteiger partial charge in [0.1, 0.15) is 11.8 Å². The van der Waals surface area contributed by atoms with Crippen LogP contribution in [0.3, 0.4) is 0 Å². The van der Waals surface area contributed by atoms with Crippen molar-refractivity contribution in [1.29, 1.82) is 0 Å². The fourth-order valence-corrected chi connectivity index (χ4v) is 3.69. The molecule has 28 heavy (non-hydrogen) atoms. The molecule has 1 aliphatic carbocycles. The summed E-state index contributed by atoms with van der Waals surface area (Å²) >= 11 is 0. The molecule has 4 rings (SSSR count). The number of nitrogens with one attached hydrogen (secondary N) is 2. The number of benzene rings is 3. The van der Waals surface area contributed by atoms with E-state index in [2.05, 4.69) is 28.8 Å². The number of hydrogen-bond donors (Lipinski definition) is 2. The van der Waals surface area contributed by atoms with Gasteiger partial charge >= 0.3 is 0 Å². The Labute approximate surface area is 165 Å². The van der Waals surface area contributed by atoms with Gasteiger partial charge in [0.05, 0.1) is 7.11 Å². The van der Waals surface area contributed by atoms with Crippen LogP contribution in [0.4, 0.5) is 11.4 Å². The second kappa shape index (κ2) is 8.17. The Balaban J connectivity index is 1.59. The third kappa shape index (κ3) is 4.01. The zero-order chi connectivity index (χ0) is 19.3. The van der Waals surface area contributed by atoms with Crippen LogP contribution in [0.5, 0.6) is 5.75 Å². The first-order chi connectivity index (χ1) is 13.7. The average Bonchev–Trinajstić information content (AvgIpc) is 3.20. The molecule has 4 heteroatoms. The maximum atomic E-state index is 13.1. The monoisotopic (exact) mass is 372 g/mol. The Bertz CT molecular complexity index is 969. The molecule has 0 saturated heterocycles. The lowest BCUT2D eigenvalue weighted by molar-refractivity contribution is -0.117. The second-order valence-electron chi connectivity index (χ2n) is 7.05. The third-order valence-corrected chi connectivity index (χ3v) is 5.14. The highest BCUT2D eigenvalue weighted by atomic mass is 16.5. The number of carbonyl (C=O) groups excluding carboxylic acids is 1. The Morgan fingerprint density at radius 1 is 0.893 bits per heavy atom. The molecule has 0 aliphatic heterocycles. The second-order valence-corrected chi connectivity index (χ2v) is 7.05. The maximum absolute atomic E-state index is 13.1. The normalized spacial score (nSPS) is 13.5. The number of hydrogen-bond acceptors (Lipinski definition) is 3. The molecule has 1 amide bonds. The van der Waals surface area contributed by atoms with E-state index in [4.69, 9.17) is 4.74 Å². The van der Waals surface area contributed by atoms with E-state index < -0.39 is 6.04 Å². The number of methoxy groups -OCH3 is 1. The zero-order valence-electron chi connectivity index (χ0n) is 15.9. The molecule has 3 aromatic rings. The lowest BCUT2D eigenvalue weighted by atomic mass is 10.0. The van der Waals surface area contributed by atoms with Crippen LogP contribution in [0.15, 0.2) is 72.8 Å². The van der Waals surface area contributed by atoms with Gasteiger partial charge in [-0.25, -0.2) is 0 Å². The first kappa shape index (κ1) is 18.1. The van der Waals surface area contributed by atoms with Crippen LogP contribution in [0.2, 0.25) is 0 Å². The summed E-state index contributed by atoms with van der Waals surface area (Å²) in [5.41, 5.74) is 5.40. The lowest BCUT2D eigenvalue weighted by Crippen LogP contribution is -2.27. The van der Waals surface area contributed by atoms with Crippen molar-refractivity contribution in [2.45, 2.75) is 25.3 Å². The van der Waals surface area contributed by atoms with Crippen molar-refractivity contribution in [2.24, 2.45) is 0 Å². The number of fused-ring (bicyclic) bond motifs is 1. The Morgan fingerprint density at radius 3 is 2.54 bits per heavy atom. The molecular formula is C24H24N2O2. The molecule has 3 aromatic carbocycles. The van der Waals surface area contributed by atoms with Crippen LogP contribution in [0.1, 0.15) is 29.2 Å². The summed E-state index contributed by atoms with van der Waals surface area (Å²) in [4.78, 5) is 13.1. The summed E-state index contributed by atoms with van der Waals surface area (Å²) in [5.74, 6) is 0.598. The standard InChI is InChI=1S/C24H24N2O2/c1-28-22-12-6-11-20(16-22)26-24(27)23(18-7-3-2-4-8-18)25-21-14-13-17-9-5-10-19(17)15-21/h2-4,6-8,11-16,23,25H,5,9-10H2,1H3,(H,26,27)/t23-/m0/s1. The molecule has 1 aliphatic rings. The van der Waals surface area contributed by atoms with Crippen LogP contribution in [-0.2, 0) is 17.6 Å². The number of amides is 1. The first-order valence-corrected chi connectivity index (χ1v) is 9.61. The summed E-state index contributed by atoms with van der Waals surface area (Å²) in [7, 11) is 1.61. The van der Waals surface area contributed by atoms with E-state index in [-0.39, 0.29) is 5.91 Å². The van der Waals surface area contributed by atoms with Crippen molar-refractivity contribution in [2.75, 3.05) is 17.7 Å². The number of anilines is 2. The largest absolute Gasteiger partial charge is 0.497 e. The van der Waals surface area contributed by atoms with Crippen molar-refractivity contribution in [3.05, 3.63) is 89.5 Å². The Morgan fingerprint density at radius 2 is 1.71 bits per heavy atom. The molecule has 0 fully saturated rings. The summed E-state index contributed by atoms with van der Waals surface area (Å²) in [5, 5.41) is 6.44. The van der Waals surface area contributed by atoms with Gasteiger partial charge in [0.2, 0.25) is 0 Å². The first-order valence-electron chi connectivity index (χ1n) is 9.61. The van der Waals surface area contributed by atoms with Crippen molar-refractivity contribution in [1.82, 2.24) is 0 Å². The summed E-state index contributed by atoms with van der Waals surface area (Å²) in [6.07, 6.45) is 3.46. The molecule has 0 aromatic heterocycles. The average molecular weight is 372 g/mol. The minimum Gasteiger partial charge on any atom is -0.497 e. The van der Waals surface area contributed by atoms with Gasteiger partial charge in [-0.15, -0.1) is 0 Å². The molecule has 1 atom stereocenters. The lowest BCUT2D eigenvalue weighted by Gasteiger charge is -2.21. The molecule has 0 unspecified atom stereocenters. The van der Waals surface area contributed by atoms with E-state index in [1.807, 2.05) is 54.6 Å². The number of aryl methyl sites for hydroxylation is 2. The molecule has 0 radical (unpaired) electrons. The third-order valence-electron chi connectivity index (χ3n) is 5.14. The minimum absolute atomic E-state index is 0.111. The van der Waals surface area contributed by atoms with Crippen LogP contribution in [-0.4, -0.2) is 13.0 Å². The predicted octanol–water partition coefficient (Wildman–Crippen LogP) is 4.98.